The predicted octanol–water partition coefficient (Wildman–Crippen LogP) is 3.98. The highest BCUT2D eigenvalue weighted by Crippen LogP contribution is 2.32. The van der Waals surface area contributed by atoms with E-state index in [1.54, 1.807) is 0 Å². The molecule has 0 saturated heterocycles. The van der Waals surface area contributed by atoms with Crippen molar-refractivity contribution in [1.82, 2.24) is 5.32 Å². The van der Waals surface area contributed by atoms with Gasteiger partial charge in [0.05, 0.1) is 0 Å². The largest absolute Gasteiger partial charge is 0.368 e. The molecule has 19 heavy (non-hydrogen) atoms. The summed E-state index contributed by atoms with van der Waals surface area (Å²) in [5, 5.41) is 3.46. The molecule has 1 aromatic rings. The van der Waals surface area contributed by atoms with Gasteiger partial charge in [-0.1, -0.05) is 32.9 Å². The molecule has 2 nitrogen and oxygen atoms in total. The van der Waals surface area contributed by atoms with E-state index in [9.17, 15) is 0 Å². The Balaban J connectivity index is 2.07. The zero-order valence-electron chi connectivity index (χ0n) is 12.8. The van der Waals surface area contributed by atoms with Crippen LogP contribution < -0.4 is 10.2 Å². The summed E-state index contributed by atoms with van der Waals surface area (Å²) in [6.07, 6.45) is 2.73. The summed E-state index contributed by atoms with van der Waals surface area (Å²) in [6.45, 7) is 11.2. The van der Waals surface area contributed by atoms with Crippen LogP contribution >= 0.6 is 0 Å². The van der Waals surface area contributed by atoms with Crippen LogP contribution in [0.4, 0.5) is 5.69 Å². The van der Waals surface area contributed by atoms with E-state index >= 15 is 0 Å². The van der Waals surface area contributed by atoms with Crippen LogP contribution in [0, 0.1) is 5.92 Å². The second kappa shape index (κ2) is 6.42. The molecule has 1 aromatic carbocycles. The molecule has 1 unspecified atom stereocenters. The van der Waals surface area contributed by atoms with E-state index in [1.807, 2.05) is 0 Å². The molecule has 1 aliphatic carbocycles. The zero-order valence-corrected chi connectivity index (χ0v) is 12.8. The van der Waals surface area contributed by atoms with E-state index in [-0.39, 0.29) is 0 Å². The molecule has 0 heterocycles. The van der Waals surface area contributed by atoms with Gasteiger partial charge < -0.3 is 10.2 Å². The fraction of sp³-hybridized carbons (Fsp3) is 0.647. The van der Waals surface area contributed by atoms with Crippen molar-refractivity contribution in [1.29, 1.82) is 0 Å². The van der Waals surface area contributed by atoms with E-state index in [4.69, 9.17) is 0 Å². The van der Waals surface area contributed by atoms with Crippen molar-refractivity contribution < 1.29 is 0 Å². The lowest BCUT2D eigenvalue weighted by atomic mass is 10.1. The van der Waals surface area contributed by atoms with Crippen molar-refractivity contribution in [2.24, 2.45) is 5.92 Å². The number of nitrogens with zero attached hydrogens (tertiary/aromatic N) is 1. The second-order valence-corrected chi connectivity index (χ2v) is 6.15. The normalized spacial score (nSPS) is 16.7. The molecule has 0 amide bonds. The predicted molar refractivity (Wildman–Crippen MR) is 83.7 cm³/mol. The smallest absolute Gasteiger partial charge is 0.0369 e. The number of anilines is 1. The van der Waals surface area contributed by atoms with Crippen LogP contribution in [0.5, 0.6) is 0 Å². The summed E-state index contributed by atoms with van der Waals surface area (Å²) in [5.74, 6) is 0.723. The Hall–Kier alpha value is -1.02. The summed E-state index contributed by atoms with van der Waals surface area (Å²) < 4.78 is 0. The minimum atomic E-state index is 0.443. The Morgan fingerprint density at radius 2 is 1.79 bits per heavy atom. The topological polar surface area (TPSA) is 15.3 Å². The Bertz CT molecular complexity index is 379. The third-order valence-electron chi connectivity index (χ3n) is 3.78. The molecule has 1 atom stereocenters. The second-order valence-electron chi connectivity index (χ2n) is 6.15. The van der Waals surface area contributed by atoms with Gasteiger partial charge in [0, 0.05) is 24.3 Å². The molecule has 2 heteroatoms. The van der Waals surface area contributed by atoms with Crippen LogP contribution in [0.15, 0.2) is 24.3 Å². The first kappa shape index (κ1) is 14.4. The van der Waals surface area contributed by atoms with Crippen LogP contribution in [-0.4, -0.2) is 19.1 Å². The Kier molecular flexibility index (Phi) is 4.87. The molecule has 0 aliphatic heterocycles. The van der Waals surface area contributed by atoms with Crippen molar-refractivity contribution in [2.45, 2.75) is 52.6 Å². The number of hydrogen-bond donors (Lipinski definition) is 1. The molecule has 1 fully saturated rings. The number of hydrogen-bond acceptors (Lipinski definition) is 2. The van der Waals surface area contributed by atoms with Gasteiger partial charge in [-0.2, -0.15) is 0 Å². The average Bonchev–Trinajstić information content (AvgIpc) is 3.20. The lowest BCUT2D eigenvalue weighted by Crippen LogP contribution is -2.29. The van der Waals surface area contributed by atoms with Crippen LogP contribution in [0.1, 0.15) is 52.1 Å². The van der Waals surface area contributed by atoms with Crippen LogP contribution in [-0.2, 0) is 0 Å². The first-order chi connectivity index (χ1) is 9.11. The SMILES string of the molecule is CCNC(C)c1ccc(N(CC(C)C)C2CC2)cc1. The Morgan fingerprint density at radius 1 is 1.16 bits per heavy atom. The lowest BCUT2D eigenvalue weighted by Gasteiger charge is -2.27. The van der Waals surface area contributed by atoms with Gasteiger partial charge in [-0.15, -0.1) is 0 Å². The number of nitrogens with one attached hydrogen (secondary N) is 1. The summed E-state index contributed by atoms with van der Waals surface area (Å²) in [7, 11) is 0. The minimum absolute atomic E-state index is 0.443. The highest BCUT2D eigenvalue weighted by Gasteiger charge is 2.29. The number of benzene rings is 1. The molecule has 0 bridgehead atoms. The fourth-order valence-corrected chi connectivity index (χ4v) is 2.62. The highest BCUT2D eigenvalue weighted by molar-refractivity contribution is 5.50. The zero-order chi connectivity index (χ0) is 13.8. The van der Waals surface area contributed by atoms with Gasteiger partial charge in [0.2, 0.25) is 0 Å². The summed E-state index contributed by atoms with van der Waals surface area (Å²) in [6, 6.07) is 10.4. The van der Waals surface area contributed by atoms with Crippen LogP contribution in [0.2, 0.25) is 0 Å². The van der Waals surface area contributed by atoms with E-state index < -0.39 is 0 Å². The van der Waals surface area contributed by atoms with Crippen molar-refractivity contribution in [3.8, 4) is 0 Å². The van der Waals surface area contributed by atoms with Gasteiger partial charge in [-0.3, -0.25) is 0 Å². The van der Waals surface area contributed by atoms with E-state index in [2.05, 4.69) is 62.2 Å². The Morgan fingerprint density at radius 3 is 2.26 bits per heavy atom. The van der Waals surface area contributed by atoms with Crippen molar-refractivity contribution in [2.75, 3.05) is 18.0 Å². The van der Waals surface area contributed by atoms with Gasteiger partial charge in [0.15, 0.2) is 0 Å². The van der Waals surface area contributed by atoms with E-state index in [0.717, 1.165) is 18.5 Å². The molecule has 0 aromatic heterocycles. The average molecular weight is 260 g/mol. The molecular formula is C17H28N2. The van der Waals surface area contributed by atoms with Crippen LogP contribution in [0.25, 0.3) is 0 Å². The molecular weight excluding hydrogens is 232 g/mol. The maximum Gasteiger partial charge on any atom is 0.0369 e. The van der Waals surface area contributed by atoms with Crippen molar-refractivity contribution >= 4 is 5.69 Å². The molecule has 0 spiro atoms. The number of rotatable bonds is 7. The maximum atomic E-state index is 3.46. The molecule has 2 rings (SSSR count). The molecule has 1 saturated carbocycles. The van der Waals surface area contributed by atoms with Gasteiger partial charge in [-0.25, -0.2) is 0 Å². The van der Waals surface area contributed by atoms with Crippen molar-refractivity contribution in [3.63, 3.8) is 0 Å². The quantitative estimate of drug-likeness (QED) is 0.797. The standard InChI is InChI=1S/C17H28N2/c1-5-18-14(4)15-6-8-16(9-7-15)19(12-13(2)3)17-10-11-17/h6-9,13-14,17-18H,5,10-12H2,1-4H3. The van der Waals surface area contributed by atoms with Gasteiger partial charge >= 0.3 is 0 Å². The fourth-order valence-electron chi connectivity index (χ4n) is 2.62. The highest BCUT2D eigenvalue weighted by atomic mass is 15.2. The van der Waals surface area contributed by atoms with Crippen molar-refractivity contribution in [3.05, 3.63) is 29.8 Å². The third kappa shape index (κ3) is 3.97. The molecule has 106 valence electrons. The molecule has 1 aliphatic rings. The Labute approximate surface area is 118 Å². The van der Waals surface area contributed by atoms with Gasteiger partial charge in [-0.05, 0) is 49.9 Å². The first-order valence-corrected chi connectivity index (χ1v) is 7.71. The van der Waals surface area contributed by atoms with E-state index in [0.29, 0.717) is 6.04 Å². The molecule has 1 N–H and O–H groups in total. The third-order valence-corrected chi connectivity index (χ3v) is 3.78. The minimum Gasteiger partial charge on any atom is -0.368 e. The summed E-state index contributed by atoms with van der Waals surface area (Å²) >= 11 is 0. The first-order valence-electron chi connectivity index (χ1n) is 7.71. The van der Waals surface area contributed by atoms with Gasteiger partial charge in [0.25, 0.3) is 0 Å². The maximum absolute atomic E-state index is 3.46. The van der Waals surface area contributed by atoms with E-state index in [1.165, 1.54) is 30.6 Å². The summed E-state index contributed by atoms with van der Waals surface area (Å²) in [5.41, 5.74) is 2.77. The summed E-state index contributed by atoms with van der Waals surface area (Å²) in [4.78, 5) is 2.59. The van der Waals surface area contributed by atoms with Crippen LogP contribution in [0.3, 0.4) is 0 Å². The van der Waals surface area contributed by atoms with Gasteiger partial charge in [0.1, 0.15) is 0 Å². The monoisotopic (exact) mass is 260 g/mol. The molecule has 0 radical (unpaired) electrons. The lowest BCUT2D eigenvalue weighted by molar-refractivity contribution is 0.596.